The van der Waals surface area contributed by atoms with Crippen LogP contribution in [0, 0.1) is 17.7 Å². The number of pyridine rings is 1. The van der Waals surface area contributed by atoms with Crippen molar-refractivity contribution in [2.24, 2.45) is 11.8 Å². The van der Waals surface area contributed by atoms with Crippen molar-refractivity contribution in [1.29, 1.82) is 0 Å². The molecule has 2 fully saturated rings. The Morgan fingerprint density at radius 2 is 2.17 bits per heavy atom. The van der Waals surface area contributed by atoms with Crippen LogP contribution in [0.3, 0.4) is 0 Å². The van der Waals surface area contributed by atoms with Gasteiger partial charge in [0.05, 0.1) is 17.8 Å². The molecule has 1 aromatic heterocycles. The minimum Gasteiger partial charge on any atom is -0.379 e. The molecule has 6 heteroatoms. The Labute approximate surface area is 136 Å². The molecule has 0 aromatic carbocycles. The maximum atomic E-state index is 13.8. The van der Waals surface area contributed by atoms with Crippen LogP contribution < -0.4 is 5.32 Å². The maximum Gasteiger partial charge on any atom is 0.217 e. The molecule has 4 atom stereocenters. The van der Waals surface area contributed by atoms with Crippen LogP contribution in [-0.4, -0.2) is 48.1 Å². The predicted octanol–water partition coefficient (Wildman–Crippen LogP) is 1.58. The van der Waals surface area contributed by atoms with Crippen LogP contribution in [0.4, 0.5) is 4.39 Å². The standard InChI is InChI=1S/C17H24FN3O2/c1-11(22)20-15-6-12-8-21(9-13(12)7-17(15)23-2)10-16-14(18)4-3-5-19-16/h3-5,12-13,15,17H,6-10H2,1-2H3,(H,20,22)/t12-,13+,15-,17-/m1/s1. The zero-order chi connectivity index (χ0) is 16.4. The Bertz CT molecular complexity index is 569. The van der Waals surface area contributed by atoms with Gasteiger partial charge in [-0.15, -0.1) is 0 Å². The van der Waals surface area contributed by atoms with Crippen LogP contribution in [-0.2, 0) is 16.1 Å². The van der Waals surface area contributed by atoms with Crippen molar-refractivity contribution in [3.05, 3.63) is 29.8 Å². The molecular weight excluding hydrogens is 297 g/mol. The smallest absolute Gasteiger partial charge is 0.217 e. The van der Waals surface area contributed by atoms with Crippen LogP contribution in [0.1, 0.15) is 25.5 Å². The van der Waals surface area contributed by atoms with Gasteiger partial charge in [-0.05, 0) is 36.8 Å². The zero-order valence-electron chi connectivity index (χ0n) is 13.7. The molecule has 0 bridgehead atoms. The summed E-state index contributed by atoms with van der Waals surface area (Å²) < 4.78 is 19.4. The highest BCUT2D eigenvalue weighted by atomic mass is 19.1. The minimum absolute atomic E-state index is 0.0130. The van der Waals surface area contributed by atoms with Gasteiger partial charge in [0.15, 0.2) is 0 Å². The quantitative estimate of drug-likeness (QED) is 0.915. The van der Waals surface area contributed by atoms with E-state index >= 15 is 0 Å². The molecular formula is C17H24FN3O2. The Hall–Kier alpha value is -1.53. The third-order valence-corrected chi connectivity index (χ3v) is 5.09. The molecule has 1 N–H and O–H groups in total. The third-order valence-electron chi connectivity index (χ3n) is 5.09. The Balaban J connectivity index is 1.64. The lowest BCUT2D eigenvalue weighted by Crippen LogP contribution is -2.49. The lowest BCUT2D eigenvalue weighted by molar-refractivity contribution is -0.121. The van der Waals surface area contributed by atoms with Gasteiger partial charge < -0.3 is 10.1 Å². The van der Waals surface area contributed by atoms with Gasteiger partial charge in [-0.1, -0.05) is 0 Å². The summed E-state index contributed by atoms with van der Waals surface area (Å²) in [7, 11) is 1.70. The number of hydrogen-bond donors (Lipinski definition) is 1. The van der Waals surface area contributed by atoms with Gasteiger partial charge in [-0.2, -0.15) is 0 Å². The molecule has 2 aliphatic rings. The molecule has 126 valence electrons. The molecule has 1 aliphatic heterocycles. The van der Waals surface area contributed by atoms with E-state index in [0.717, 1.165) is 25.9 Å². The van der Waals surface area contributed by atoms with Crippen LogP contribution >= 0.6 is 0 Å². The molecule has 1 saturated heterocycles. The summed E-state index contributed by atoms with van der Waals surface area (Å²) in [4.78, 5) is 17.8. The fourth-order valence-corrected chi connectivity index (χ4v) is 4.06. The lowest BCUT2D eigenvalue weighted by atomic mass is 9.77. The van der Waals surface area contributed by atoms with Crippen molar-refractivity contribution in [1.82, 2.24) is 15.2 Å². The Morgan fingerprint density at radius 3 is 2.83 bits per heavy atom. The normalized spacial score (nSPS) is 30.9. The molecule has 1 aliphatic carbocycles. The lowest BCUT2D eigenvalue weighted by Gasteiger charge is -2.37. The van der Waals surface area contributed by atoms with Gasteiger partial charge in [0.25, 0.3) is 0 Å². The van der Waals surface area contributed by atoms with Gasteiger partial charge >= 0.3 is 0 Å². The molecule has 3 rings (SSSR count). The van der Waals surface area contributed by atoms with E-state index in [1.165, 1.54) is 6.07 Å². The first-order valence-corrected chi connectivity index (χ1v) is 8.18. The first-order valence-electron chi connectivity index (χ1n) is 8.18. The first kappa shape index (κ1) is 16.3. The van der Waals surface area contributed by atoms with Crippen molar-refractivity contribution in [3.63, 3.8) is 0 Å². The van der Waals surface area contributed by atoms with Gasteiger partial charge in [0.2, 0.25) is 5.91 Å². The van der Waals surface area contributed by atoms with E-state index in [2.05, 4.69) is 15.2 Å². The summed E-state index contributed by atoms with van der Waals surface area (Å²) in [6, 6.07) is 3.15. The predicted molar refractivity (Wildman–Crippen MR) is 84.1 cm³/mol. The van der Waals surface area contributed by atoms with Gasteiger partial charge in [-0.25, -0.2) is 4.39 Å². The zero-order valence-corrected chi connectivity index (χ0v) is 13.7. The van der Waals surface area contributed by atoms with E-state index in [4.69, 9.17) is 4.74 Å². The molecule has 0 spiro atoms. The number of ether oxygens (including phenoxy) is 1. The van der Waals surface area contributed by atoms with E-state index in [0.29, 0.717) is 24.1 Å². The summed E-state index contributed by atoms with van der Waals surface area (Å²) in [6.45, 7) is 3.95. The average Bonchev–Trinajstić information content (AvgIpc) is 2.89. The molecule has 23 heavy (non-hydrogen) atoms. The second-order valence-corrected chi connectivity index (χ2v) is 6.70. The number of aromatic nitrogens is 1. The topological polar surface area (TPSA) is 54.5 Å². The SMILES string of the molecule is CO[C@@H]1C[C@H]2CN(Cc3ncccc3F)C[C@H]2C[C@H]1NC(C)=O. The van der Waals surface area contributed by atoms with Crippen molar-refractivity contribution in [2.45, 2.75) is 38.5 Å². The summed E-state index contributed by atoms with van der Waals surface area (Å²) >= 11 is 0. The van der Waals surface area contributed by atoms with E-state index in [9.17, 15) is 9.18 Å². The van der Waals surface area contributed by atoms with Crippen LogP contribution in [0.2, 0.25) is 0 Å². The van der Waals surface area contributed by atoms with Crippen LogP contribution in [0.5, 0.6) is 0 Å². The Kier molecular flexibility index (Phi) is 4.92. The number of hydrogen-bond acceptors (Lipinski definition) is 4. The molecule has 1 aromatic rings. The van der Waals surface area contributed by atoms with Crippen molar-refractivity contribution in [3.8, 4) is 0 Å². The molecule has 5 nitrogen and oxygen atoms in total. The summed E-state index contributed by atoms with van der Waals surface area (Å²) in [5.74, 6) is 0.802. The number of amides is 1. The second kappa shape index (κ2) is 6.93. The van der Waals surface area contributed by atoms with E-state index < -0.39 is 0 Å². The van der Waals surface area contributed by atoms with E-state index in [1.54, 1.807) is 26.3 Å². The fourth-order valence-electron chi connectivity index (χ4n) is 4.06. The second-order valence-electron chi connectivity index (χ2n) is 6.70. The van der Waals surface area contributed by atoms with Gasteiger partial charge in [0.1, 0.15) is 5.82 Å². The van der Waals surface area contributed by atoms with E-state index in [-0.39, 0.29) is 23.9 Å². The number of carbonyl (C=O) groups is 1. The van der Waals surface area contributed by atoms with Gasteiger partial charge in [0, 0.05) is 39.9 Å². The van der Waals surface area contributed by atoms with Crippen molar-refractivity contribution >= 4 is 5.91 Å². The number of rotatable bonds is 4. The minimum atomic E-state index is -0.242. The monoisotopic (exact) mass is 321 g/mol. The highest BCUT2D eigenvalue weighted by Crippen LogP contribution is 2.38. The van der Waals surface area contributed by atoms with Gasteiger partial charge in [-0.3, -0.25) is 14.7 Å². The fraction of sp³-hybridized carbons (Fsp3) is 0.647. The summed E-state index contributed by atoms with van der Waals surface area (Å²) in [5.41, 5.74) is 0.507. The van der Waals surface area contributed by atoms with Crippen LogP contribution in [0.25, 0.3) is 0 Å². The molecule has 0 radical (unpaired) electrons. The maximum absolute atomic E-state index is 13.8. The molecule has 2 heterocycles. The number of nitrogens with zero attached hydrogens (tertiary/aromatic N) is 2. The van der Waals surface area contributed by atoms with Crippen molar-refractivity contribution < 1.29 is 13.9 Å². The summed E-state index contributed by atoms with van der Waals surface area (Å²) in [5, 5.41) is 3.01. The third kappa shape index (κ3) is 3.70. The molecule has 0 unspecified atom stereocenters. The highest BCUT2D eigenvalue weighted by Gasteiger charge is 2.42. The molecule has 1 amide bonds. The number of fused-ring (bicyclic) bond motifs is 1. The van der Waals surface area contributed by atoms with Crippen LogP contribution in [0.15, 0.2) is 18.3 Å². The number of methoxy groups -OCH3 is 1. The number of halogens is 1. The molecule has 1 saturated carbocycles. The number of carbonyl (C=O) groups excluding carboxylic acids is 1. The highest BCUT2D eigenvalue weighted by molar-refractivity contribution is 5.73. The first-order chi connectivity index (χ1) is 11.1. The van der Waals surface area contributed by atoms with Crippen molar-refractivity contribution in [2.75, 3.05) is 20.2 Å². The average molecular weight is 321 g/mol. The largest absolute Gasteiger partial charge is 0.379 e. The summed E-state index contributed by atoms with van der Waals surface area (Å²) in [6.07, 6.45) is 3.55. The number of nitrogens with one attached hydrogen (secondary N) is 1. The van der Waals surface area contributed by atoms with E-state index in [1.807, 2.05) is 0 Å². The number of likely N-dealkylation sites (tertiary alicyclic amines) is 1. The Morgan fingerprint density at radius 1 is 1.43 bits per heavy atom.